The summed E-state index contributed by atoms with van der Waals surface area (Å²) in [7, 11) is 0. The quantitative estimate of drug-likeness (QED) is 0.931. The minimum absolute atomic E-state index is 0.00795. The molecular formula is C19H27N3O. The summed E-state index contributed by atoms with van der Waals surface area (Å²) in [6, 6.07) is 9.06. The number of rotatable bonds is 3. The second-order valence-electron chi connectivity index (χ2n) is 7.51. The van der Waals surface area contributed by atoms with Gasteiger partial charge in [0.05, 0.1) is 0 Å². The highest BCUT2D eigenvalue weighted by atomic mass is 16.1. The number of likely N-dealkylation sites (tertiary alicyclic amines) is 1. The molecule has 4 nitrogen and oxygen atoms in total. The molecule has 3 atom stereocenters. The maximum Gasteiger partial charge on any atom is 0.221 e. The van der Waals surface area contributed by atoms with Gasteiger partial charge in [0, 0.05) is 44.8 Å². The Hall–Kier alpha value is -1.39. The summed E-state index contributed by atoms with van der Waals surface area (Å²) in [6.07, 6.45) is 4.21. The van der Waals surface area contributed by atoms with E-state index in [0.29, 0.717) is 0 Å². The van der Waals surface area contributed by atoms with E-state index in [1.807, 2.05) is 12.1 Å². The number of anilines is 1. The van der Waals surface area contributed by atoms with Crippen molar-refractivity contribution in [3.05, 3.63) is 29.8 Å². The molecule has 3 fully saturated rings. The fourth-order valence-electron chi connectivity index (χ4n) is 4.99. The van der Waals surface area contributed by atoms with E-state index in [4.69, 9.17) is 0 Å². The normalized spacial score (nSPS) is 30.9. The number of piperidine rings is 1. The second kappa shape index (κ2) is 6.25. The van der Waals surface area contributed by atoms with Gasteiger partial charge in [0.15, 0.2) is 0 Å². The lowest BCUT2D eigenvalue weighted by Crippen LogP contribution is -2.39. The molecule has 0 radical (unpaired) electrons. The number of nitrogens with one attached hydrogen (secondary N) is 1. The average molecular weight is 313 g/mol. The molecule has 0 bridgehead atoms. The van der Waals surface area contributed by atoms with Crippen LogP contribution < -0.4 is 5.32 Å². The molecule has 1 N–H and O–H groups in total. The Morgan fingerprint density at radius 1 is 1.22 bits per heavy atom. The van der Waals surface area contributed by atoms with Gasteiger partial charge in [-0.05, 0) is 42.9 Å². The summed E-state index contributed by atoms with van der Waals surface area (Å²) in [5.41, 5.74) is 2.21. The van der Waals surface area contributed by atoms with E-state index in [1.165, 1.54) is 51.0 Å². The van der Waals surface area contributed by atoms with E-state index in [9.17, 15) is 4.79 Å². The number of amides is 1. The van der Waals surface area contributed by atoms with Crippen LogP contribution in [-0.4, -0.2) is 47.9 Å². The Balaban J connectivity index is 1.43. The highest BCUT2D eigenvalue weighted by Crippen LogP contribution is 2.40. The monoisotopic (exact) mass is 313 g/mol. The first-order valence-corrected chi connectivity index (χ1v) is 9.02. The molecule has 3 aliphatic heterocycles. The predicted molar refractivity (Wildman–Crippen MR) is 92.2 cm³/mol. The minimum atomic E-state index is 0.00795. The van der Waals surface area contributed by atoms with Gasteiger partial charge in [0.2, 0.25) is 5.91 Å². The van der Waals surface area contributed by atoms with Gasteiger partial charge >= 0.3 is 0 Å². The number of fused-ring (bicyclic) bond motifs is 3. The van der Waals surface area contributed by atoms with Crippen LogP contribution in [-0.2, 0) is 11.3 Å². The Morgan fingerprint density at radius 3 is 2.96 bits per heavy atom. The second-order valence-corrected chi connectivity index (χ2v) is 7.51. The van der Waals surface area contributed by atoms with Crippen molar-refractivity contribution in [1.82, 2.24) is 9.80 Å². The van der Waals surface area contributed by atoms with Crippen molar-refractivity contribution in [1.29, 1.82) is 0 Å². The topological polar surface area (TPSA) is 35.6 Å². The van der Waals surface area contributed by atoms with Gasteiger partial charge in [-0.3, -0.25) is 14.6 Å². The number of hydrogen-bond acceptors (Lipinski definition) is 3. The van der Waals surface area contributed by atoms with Crippen LogP contribution >= 0.6 is 0 Å². The van der Waals surface area contributed by atoms with Gasteiger partial charge in [-0.2, -0.15) is 0 Å². The van der Waals surface area contributed by atoms with E-state index in [1.54, 1.807) is 6.92 Å². The molecule has 0 aromatic heterocycles. The van der Waals surface area contributed by atoms with Gasteiger partial charge < -0.3 is 5.32 Å². The summed E-state index contributed by atoms with van der Waals surface area (Å²) in [4.78, 5) is 16.7. The molecule has 0 saturated carbocycles. The summed E-state index contributed by atoms with van der Waals surface area (Å²) in [5.74, 6) is 1.72. The average Bonchev–Trinajstić information content (AvgIpc) is 3.06. The Labute approximate surface area is 138 Å². The Bertz CT molecular complexity index is 588. The lowest BCUT2D eigenvalue weighted by molar-refractivity contribution is -0.114. The zero-order chi connectivity index (χ0) is 15.8. The lowest BCUT2D eigenvalue weighted by atomic mass is 9.90. The van der Waals surface area contributed by atoms with Gasteiger partial charge in [-0.25, -0.2) is 0 Å². The number of carbonyl (C=O) groups is 1. The molecule has 0 spiro atoms. The molecule has 1 aromatic rings. The van der Waals surface area contributed by atoms with Crippen LogP contribution in [0.5, 0.6) is 0 Å². The van der Waals surface area contributed by atoms with Crippen LogP contribution in [0.1, 0.15) is 31.7 Å². The Morgan fingerprint density at radius 2 is 2.09 bits per heavy atom. The van der Waals surface area contributed by atoms with Crippen molar-refractivity contribution in [3.63, 3.8) is 0 Å². The van der Waals surface area contributed by atoms with Crippen LogP contribution in [0.25, 0.3) is 0 Å². The van der Waals surface area contributed by atoms with Gasteiger partial charge in [0.1, 0.15) is 0 Å². The predicted octanol–water partition coefficient (Wildman–Crippen LogP) is 2.56. The zero-order valence-electron chi connectivity index (χ0n) is 14.0. The molecule has 124 valence electrons. The summed E-state index contributed by atoms with van der Waals surface area (Å²) in [5, 5.41) is 2.97. The lowest BCUT2D eigenvalue weighted by Gasteiger charge is -2.33. The van der Waals surface area contributed by atoms with E-state index < -0.39 is 0 Å². The first-order valence-electron chi connectivity index (χ1n) is 9.02. The molecule has 3 heterocycles. The molecule has 23 heavy (non-hydrogen) atoms. The molecule has 1 amide bonds. The van der Waals surface area contributed by atoms with E-state index in [2.05, 4.69) is 27.2 Å². The summed E-state index contributed by atoms with van der Waals surface area (Å²) in [6.45, 7) is 7.60. The maximum atomic E-state index is 11.4. The first-order chi connectivity index (χ1) is 11.2. The van der Waals surface area contributed by atoms with E-state index >= 15 is 0 Å². The van der Waals surface area contributed by atoms with Gasteiger partial charge in [-0.1, -0.05) is 24.6 Å². The van der Waals surface area contributed by atoms with Crippen molar-refractivity contribution >= 4 is 11.6 Å². The fourth-order valence-corrected chi connectivity index (χ4v) is 4.99. The third-order valence-electron chi connectivity index (χ3n) is 5.92. The van der Waals surface area contributed by atoms with Crippen molar-refractivity contribution in [2.75, 3.05) is 31.5 Å². The standard InChI is InChI=1S/C19H27N3O/c1-14(23)20-18-7-3-2-6-15(18)10-21-11-16-12-22-9-5-4-8-19(22)17(16)13-21/h2-3,6-7,16-17,19H,4-5,8-13H2,1H3,(H,20,23). The third kappa shape index (κ3) is 3.02. The van der Waals surface area contributed by atoms with Crippen LogP contribution in [0.4, 0.5) is 5.69 Å². The van der Waals surface area contributed by atoms with Gasteiger partial charge in [-0.15, -0.1) is 0 Å². The highest BCUT2D eigenvalue weighted by molar-refractivity contribution is 5.89. The van der Waals surface area contributed by atoms with Crippen LogP contribution in [0.2, 0.25) is 0 Å². The number of carbonyl (C=O) groups excluding carboxylic acids is 1. The summed E-state index contributed by atoms with van der Waals surface area (Å²) >= 11 is 0. The molecular weight excluding hydrogens is 286 g/mol. The number of hydrogen-bond donors (Lipinski definition) is 1. The van der Waals surface area contributed by atoms with Crippen molar-refractivity contribution in [3.8, 4) is 0 Å². The molecule has 3 aliphatic rings. The molecule has 3 unspecified atom stereocenters. The molecule has 3 saturated heterocycles. The van der Waals surface area contributed by atoms with Crippen LogP contribution in [0.15, 0.2) is 24.3 Å². The molecule has 0 aliphatic carbocycles. The number of nitrogens with zero attached hydrogens (tertiary/aromatic N) is 2. The fraction of sp³-hybridized carbons (Fsp3) is 0.632. The summed E-state index contributed by atoms with van der Waals surface area (Å²) < 4.78 is 0. The largest absolute Gasteiger partial charge is 0.326 e. The van der Waals surface area contributed by atoms with Crippen LogP contribution in [0.3, 0.4) is 0 Å². The van der Waals surface area contributed by atoms with E-state index in [0.717, 1.165) is 30.1 Å². The maximum absolute atomic E-state index is 11.4. The molecule has 4 heteroatoms. The first kappa shape index (κ1) is 15.2. The van der Waals surface area contributed by atoms with Crippen LogP contribution in [0, 0.1) is 11.8 Å². The number of para-hydroxylation sites is 1. The smallest absolute Gasteiger partial charge is 0.221 e. The highest BCUT2D eigenvalue weighted by Gasteiger charge is 2.46. The molecule has 4 rings (SSSR count). The van der Waals surface area contributed by atoms with Crippen molar-refractivity contribution in [2.45, 2.75) is 38.8 Å². The SMILES string of the molecule is CC(=O)Nc1ccccc1CN1CC2CN3CCCCC3C2C1. The van der Waals surface area contributed by atoms with Crippen molar-refractivity contribution < 1.29 is 4.79 Å². The third-order valence-corrected chi connectivity index (χ3v) is 5.92. The Kier molecular flexibility index (Phi) is 4.12. The minimum Gasteiger partial charge on any atom is -0.326 e. The van der Waals surface area contributed by atoms with Crippen molar-refractivity contribution in [2.24, 2.45) is 11.8 Å². The van der Waals surface area contributed by atoms with Gasteiger partial charge in [0.25, 0.3) is 0 Å². The van der Waals surface area contributed by atoms with E-state index in [-0.39, 0.29) is 5.91 Å². The number of benzene rings is 1. The molecule has 1 aromatic carbocycles. The zero-order valence-corrected chi connectivity index (χ0v) is 14.0.